The molecule has 30 heavy (non-hydrogen) atoms. The molecule has 2 aromatic heterocycles. The second kappa shape index (κ2) is 10.1. The highest BCUT2D eigenvalue weighted by Crippen LogP contribution is 2.38. The normalized spacial score (nSPS) is 19.3. The number of aromatic nitrogens is 4. The minimum Gasteiger partial charge on any atom is -0.339 e. The van der Waals surface area contributed by atoms with E-state index in [1.165, 1.54) is 31.0 Å². The van der Waals surface area contributed by atoms with Crippen LogP contribution in [0.15, 0.2) is 29.7 Å². The summed E-state index contributed by atoms with van der Waals surface area (Å²) in [5.41, 5.74) is 0.367. The number of hydrogen-bond donors (Lipinski definition) is 1. The van der Waals surface area contributed by atoms with E-state index >= 15 is 0 Å². The number of rotatable bonds is 8. The van der Waals surface area contributed by atoms with Gasteiger partial charge in [-0.15, -0.1) is 16.6 Å². The molecule has 0 aliphatic heterocycles. The van der Waals surface area contributed by atoms with Gasteiger partial charge in [-0.25, -0.2) is 0 Å². The van der Waals surface area contributed by atoms with Crippen molar-refractivity contribution in [3.05, 3.63) is 24.5 Å². The Labute approximate surface area is 183 Å². The van der Waals surface area contributed by atoms with Crippen LogP contribution < -0.4 is 5.32 Å². The first kappa shape index (κ1) is 22.4. The molecular formula is C23H31N5OS. The number of carbonyl (C=O) groups excluding carboxylic acids is 1. The van der Waals surface area contributed by atoms with Crippen LogP contribution in [0.1, 0.15) is 65.3 Å². The zero-order valence-electron chi connectivity index (χ0n) is 18.1. The number of pyridine rings is 1. The molecule has 0 unspecified atom stereocenters. The number of hydrogen-bond acceptors (Lipinski definition) is 5. The van der Waals surface area contributed by atoms with Crippen LogP contribution in [-0.2, 0) is 4.79 Å². The quantitative estimate of drug-likeness (QED) is 0.498. The highest BCUT2D eigenvalue weighted by Gasteiger charge is 2.30. The van der Waals surface area contributed by atoms with Gasteiger partial charge < -0.3 is 5.32 Å². The lowest BCUT2D eigenvalue weighted by molar-refractivity contribution is -0.119. The van der Waals surface area contributed by atoms with Gasteiger partial charge in [0.15, 0.2) is 11.0 Å². The first-order valence-corrected chi connectivity index (χ1v) is 11.8. The molecule has 1 fully saturated rings. The summed E-state index contributed by atoms with van der Waals surface area (Å²) in [5, 5.41) is 12.8. The van der Waals surface area contributed by atoms with Crippen molar-refractivity contribution in [1.29, 1.82) is 0 Å². The van der Waals surface area contributed by atoms with Crippen LogP contribution >= 0.6 is 11.8 Å². The average Bonchev–Trinajstić information content (AvgIpc) is 3.21. The summed E-state index contributed by atoms with van der Waals surface area (Å²) in [7, 11) is 0. The van der Waals surface area contributed by atoms with Crippen LogP contribution in [0.3, 0.4) is 0 Å². The van der Waals surface area contributed by atoms with E-state index in [2.05, 4.69) is 37.9 Å². The Balaban J connectivity index is 1.83. The van der Waals surface area contributed by atoms with Crippen molar-refractivity contribution in [1.82, 2.24) is 25.1 Å². The molecule has 2 aromatic rings. The molecule has 160 valence electrons. The summed E-state index contributed by atoms with van der Waals surface area (Å²) < 4.78 is 2.23. The summed E-state index contributed by atoms with van der Waals surface area (Å²) in [6.07, 6.45) is 15.4. The minimum atomic E-state index is -0.579. The topological polar surface area (TPSA) is 72.7 Å². The molecule has 0 radical (unpaired) electrons. The van der Waals surface area contributed by atoms with E-state index in [4.69, 9.17) is 6.42 Å². The van der Waals surface area contributed by atoms with Crippen LogP contribution in [0.25, 0.3) is 11.4 Å². The summed E-state index contributed by atoms with van der Waals surface area (Å²) in [6.45, 7) is 6.29. The molecule has 3 rings (SSSR count). The molecule has 1 aliphatic carbocycles. The molecule has 2 atom stereocenters. The van der Waals surface area contributed by atoms with E-state index in [-0.39, 0.29) is 11.7 Å². The van der Waals surface area contributed by atoms with Crippen LogP contribution in [-0.4, -0.2) is 36.9 Å². The Bertz CT molecular complexity index is 885. The summed E-state index contributed by atoms with van der Waals surface area (Å²) in [5.74, 6) is 4.30. The first-order valence-electron chi connectivity index (χ1n) is 10.8. The maximum atomic E-state index is 12.6. The molecule has 1 saturated carbocycles. The first-order chi connectivity index (χ1) is 14.5. The van der Waals surface area contributed by atoms with Gasteiger partial charge in [-0.1, -0.05) is 51.3 Å². The predicted molar refractivity (Wildman–Crippen MR) is 121 cm³/mol. The van der Waals surface area contributed by atoms with Crippen LogP contribution in [0.4, 0.5) is 0 Å². The second-order valence-corrected chi connectivity index (χ2v) is 8.96. The predicted octanol–water partition coefficient (Wildman–Crippen LogP) is 4.49. The Morgan fingerprint density at radius 2 is 2.10 bits per heavy atom. The molecule has 0 spiro atoms. The number of amides is 1. The monoisotopic (exact) mass is 425 g/mol. The third kappa shape index (κ3) is 4.86. The van der Waals surface area contributed by atoms with Gasteiger partial charge in [-0.3, -0.25) is 14.3 Å². The van der Waals surface area contributed by atoms with Gasteiger partial charge in [0.2, 0.25) is 5.91 Å². The maximum Gasteiger partial charge on any atom is 0.231 e. The molecule has 0 saturated heterocycles. The molecule has 0 aromatic carbocycles. The van der Waals surface area contributed by atoms with Gasteiger partial charge in [0.1, 0.15) is 5.54 Å². The van der Waals surface area contributed by atoms with Crippen molar-refractivity contribution in [2.45, 2.75) is 76.0 Å². The summed E-state index contributed by atoms with van der Waals surface area (Å²) >= 11 is 1.43. The van der Waals surface area contributed by atoms with Gasteiger partial charge in [0.25, 0.3) is 0 Å². The smallest absolute Gasteiger partial charge is 0.231 e. The third-order valence-electron chi connectivity index (χ3n) is 6.18. The fraction of sp³-hybridized carbons (Fsp3) is 0.565. The number of terminal acetylenes is 1. The fourth-order valence-electron chi connectivity index (χ4n) is 4.15. The molecule has 7 heteroatoms. The van der Waals surface area contributed by atoms with Crippen molar-refractivity contribution in [2.24, 2.45) is 5.92 Å². The number of carbonyl (C=O) groups is 1. The largest absolute Gasteiger partial charge is 0.339 e. The second-order valence-electron chi connectivity index (χ2n) is 8.02. The van der Waals surface area contributed by atoms with Gasteiger partial charge in [-0.2, -0.15) is 0 Å². The summed E-state index contributed by atoms with van der Waals surface area (Å²) in [6, 6.07) is 4.24. The molecule has 6 nitrogen and oxygen atoms in total. The number of nitrogens with one attached hydrogen (secondary N) is 1. The third-order valence-corrected chi connectivity index (χ3v) is 7.12. The van der Waals surface area contributed by atoms with E-state index in [0.29, 0.717) is 24.8 Å². The average molecular weight is 426 g/mol. The fourth-order valence-corrected chi connectivity index (χ4v) is 4.94. The van der Waals surface area contributed by atoms with Crippen LogP contribution in [0, 0.1) is 18.3 Å². The van der Waals surface area contributed by atoms with E-state index < -0.39 is 5.54 Å². The van der Waals surface area contributed by atoms with Gasteiger partial charge in [0, 0.05) is 24.0 Å². The molecule has 1 N–H and O–H groups in total. The van der Waals surface area contributed by atoms with Gasteiger partial charge in [-0.05, 0) is 43.7 Å². The molecule has 1 aliphatic rings. The Hall–Kier alpha value is -2.33. The highest BCUT2D eigenvalue weighted by molar-refractivity contribution is 7.99. The maximum absolute atomic E-state index is 12.6. The van der Waals surface area contributed by atoms with E-state index in [1.54, 1.807) is 6.20 Å². The van der Waals surface area contributed by atoms with Gasteiger partial charge in [0.05, 0.1) is 5.75 Å². The molecular weight excluding hydrogens is 394 g/mol. The lowest BCUT2D eigenvalue weighted by Crippen LogP contribution is -2.47. The van der Waals surface area contributed by atoms with E-state index in [0.717, 1.165) is 23.0 Å². The lowest BCUT2D eigenvalue weighted by atomic mass is 9.85. The highest BCUT2D eigenvalue weighted by atomic mass is 32.2. The number of nitrogens with zero attached hydrogens (tertiary/aromatic N) is 4. The van der Waals surface area contributed by atoms with Gasteiger partial charge >= 0.3 is 0 Å². The molecule has 0 bridgehead atoms. The number of thioether (sulfide) groups is 1. The Kier molecular flexibility index (Phi) is 7.54. The Morgan fingerprint density at radius 1 is 1.33 bits per heavy atom. The van der Waals surface area contributed by atoms with Crippen molar-refractivity contribution in [2.75, 3.05) is 5.75 Å². The standard InChI is InChI=1S/C23H31N5OS/c1-5-23(6-2,7-3)25-20(29)16-30-22-27-26-21(18-12-10-14-24-15-18)28(22)19-13-9-8-11-17(19)4/h1,10,12,14-15,17,19H,6-9,11,13,16H2,2-4H3,(H,25,29)/t17-,19+/m0/s1. The summed E-state index contributed by atoms with van der Waals surface area (Å²) in [4.78, 5) is 16.9. The van der Waals surface area contributed by atoms with Crippen molar-refractivity contribution >= 4 is 17.7 Å². The van der Waals surface area contributed by atoms with E-state index in [9.17, 15) is 4.79 Å². The minimum absolute atomic E-state index is 0.0733. The van der Waals surface area contributed by atoms with Crippen LogP contribution in [0.5, 0.6) is 0 Å². The molecule has 2 heterocycles. The molecule has 1 amide bonds. The SMILES string of the molecule is C#CC(CC)(CC)NC(=O)CSc1nnc(-c2cccnc2)n1[C@@H]1CCCC[C@@H]1C. The Morgan fingerprint density at radius 3 is 2.73 bits per heavy atom. The van der Waals surface area contributed by atoms with E-state index in [1.807, 2.05) is 32.2 Å². The van der Waals surface area contributed by atoms with Crippen molar-refractivity contribution in [3.8, 4) is 23.7 Å². The lowest BCUT2D eigenvalue weighted by Gasteiger charge is -2.31. The van der Waals surface area contributed by atoms with Crippen molar-refractivity contribution < 1.29 is 4.79 Å². The van der Waals surface area contributed by atoms with Crippen molar-refractivity contribution in [3.63, 3.8) is 0 Å². The zero-order valence-corrected chi connectivity index (χ0v) is 18.9. The van der Waals surface area contributed by atoms with Crippen LogP contribution in [0.2, 0.25) is 0 Å². The zero-order chi connectivity index (χ0) is 21.6.